The van der Waals surface area contributed by atoms with E-state index in [1.807, 2.05) is 0 Å². The molecule has 4 rings (SSSR count). The molecule has 3 aromatic rings. The molecule has 1 unspecified atom stereocenters. The van der Waals surface area contributed by atoms with Crippen LogP contribution in [0.25, 0.3) is 11.0 Å². The Morgan fingerprint density at radius 1 is 1.26 bits per heavy atom. The Bertz CT molecular complexity index is 1400. The van der Waals surface area contributed by atoms with Gasteiger partial charge in [0, 0.05) is 35.3 Å². The predicted octanol–water partition coefficient (Wildman–Crippen LogP) is 1.86. The maximum Gasteiger partial charge on any atom is 0.337 e. The smallest absolute Gasteiger partial charge is 0.337 e. The van der Waals surface area contributed by atoms with Gasteiger partial charge in [0.15, 0.2) is 6.10 Å². The molecule has 1 aromatic heterocycles. The number of amides is 1. The summed E-state index contributed by atoms with van der Waals surface area (Å²) in [5.74, 6) is -1.98. The zero-order valence-corrected chi connectivity index (χ0v) is 19.3. The quantitative estimate of drug-likeness (QED) is 0.316. The first-order valence-electron chi connectivity index (χ1n) is 10.2. The molecule has 2 atom stereocenters. The van der Waals surface area contributed by atoms with E-state index in [-0.39, 0.29) is 36.6 Å². The molecule has 12 heteroatoms. The Balaban J connectivity index is 0.00000324. The van der Waals surface area contributed by atoms with Gasteiger partial charge in [-0.15, -0.1) is 12.4 Å². The van der Waals surface area contributed by atoms with Crippen molar-refractivity contribution in [1.29, 1.82) is 0 Å². The molecule has 34 heavy (non-hydrogen) atoms. The maximum atomic E-state index is 12.9. The van der Waals surface area contributed by atoms with Crippen molar-refractivity contribution in [2.24, 2.45) is 5.73 Å². The zero-order valence-electron chi connectivity index (χ0n) is 17.7. The summed E-state index contributed by atoms with van der Waals surface area (Å²) in [5, 5.41) is 22.3. The van der Waals surface area contributed by atoms with E-state index < -0.39 is 35.1 Å². The van der Waals surface area contributed by atoms with Gasteiger partial charge in [-0.3, -0.25) is 19.0 Å². The van der Waals surface area contributed by atoms with Gasteiger partial charge in [-0.25, -0.2) is 4.79 Å². The summed E-state index contributed by atoms with van der Waals surface area (Å²) in [4.78, 5) is 51.6. The average Bonchev–Trinajstić information content (AvgIpc) is 2.77. The molecule has 0 spiro atoms. The average molecular weight is 509 g/mol. The fourth-order valence-corrected chi connectivity index (χ4v) is 4.47. The number of H-pyrrole nitrogens is 1. The molecule has 0 bridgehead atoms. The Hall–Kier alpha value is -3.18. The number of carboxylic acids is 1. The molecule has 2 heterocycles. The largest absolute Gasteiger partial charge is 0.479 e. The van der Waals surface area contributed by atoms with Crippen molar-refractivity contribution >= 4 is 52.6 Å². The maximum absolute atomic E-state index is 12.9. The molecule has 1 aliphatic rings. The second-order valence-electron chi connectivity index (χ2n) is 7.90. The summed E-state index contributed by atoms with van der Waals surface area (Å²) < 4.78 is 1.33. The van der Waals surface area contributed by atoms with Crippen LogP contribution in [0.1, 0.15) is 41.7 Å². The van der Waals surface area contributed by atoms with Crippen LogP contribution in [0.4, 0.5) is 5.69 Å². The van der Waals surface area contributed by atoms with Gasteiger partial charge < -0.3 is 26.2 Å². The highest BCUT2D eigenvalue weighted by molar-refractivity contribution is 6.31. The summed E-state index contributed by atoms with van der Waals surface area (Å²) >= 11 is 6.12. The van der Waals surface area contributed by atoms with Gasteiger partial charge in [-0.1, -0.05) is 17.7 Å². The van der Waals surface area contributed by atoms with E-state index >= 15 is 0 Å². The van der Waals surface area contributed by atoms with Crippen molar-refractivity contribution in [2.45, 2.75) is 38.0 Å². The van der Waals surface area contributed by atoms with Crippen LogP contribution in [0.15, 0.2) is 39.9 Å². The van der Waals surface area contributed by atoms with E-state index in [1.54, 1.807) is 18.2 Å². The molecule has 0 fully saturated rings. The number of aliphatic carboxylic acids is 1. The van der Waals surface area contributed by atoms with E-state index in [0.717, 1.165) is 5.56 Å². The minimum atomic E-state index is -1.85. The van der Waals surface area contributed by atoms with Crippen molar-refractivity contribution < 1.29 is 19.8 Å². The number of aromatic amines is 1. The molecule has 0 saturated heterocycles. The second-order valence-corrected chi connectivity index (χ2v) is 8.34. The van der Waals surface area contributed by atoms with E-state index in [4.69, 9.17) is 17.3 Å². The number of nitrogens with two attached hydrogens (primary N) is 1. The lowest BCUT2D eigenvalue weighted by molar-refractivity contribution is -0.147. The third-order valence-electron chi connectivity index (χ3n) is 5.74. The van der Waals surface area contributed by atoms with Crippen molar-refractivity contribution in [3.05, 3.63) is 72.8 Å². The number of carbonyl (C=O) groups excluding carboxylic acids is 1. The standard InChI is InChI=1S/C22H21ClN4O6.ClH/c23-12-6-11-2-3-13(27-18(11)16(7-12)26-20(30)21(27)31)8-17(28)25-15-4-1-10(9-24)5-14(15)19(29)22(32)33;/h1,4-7,13,19,29H,2-3,8-9,24H2,(H,25,28)(H,26,30)(H,32,33);1H/t13-,19?;/m0./s1. The SMILES string of the molecule is Cl.NCc1ccc(NC(=O)C[C@@H]2CCc3cc(Cl)cc4[nH]c(=O)c(=O)n2c34)c(C(O)C(=O)O)c1. The number of halogens is 2. The molecule has 6 N–H and O–H groups in total. The normalized spacial score (nSPS) is 15.4. The minimum absolute atomic E-state index is 0. The minimum Gasteiger partial charge on any atom is -0.479 e. The first-order chi connectivity index (χ1) is 15.7. The molecule has 10 nitrogen and oxygen atoms in total. The van der Waals surface area contributed by atoms with E-state index in [0.29, 0.717) is 34.5 Å². The van der Waals surface area contributed by atoms with Gasteiger partial charge in [-0.05, 0) is 48.2 Å². The van der Waals surface area contributed by atoms with Gasteiger partial charge in [0.05, 0.1) is 11.0 Å². The Kier molecular flexibility index (Phi) is 7.47. The Morgan fingerprint density at radius 2 is 2.00 bits per heavy atom. The van der Waals surface area contributed by atoms with Crippen LogP contribution in [0.5, 0.6) is 0 Å². The first kappa shape index (κ1) is 25.4. The topological polar surface area (TPSA) is 168 Å². The molecule has 0 saturated carbocycles. The van der Waals surface area contributed by atoms with Gasteiger partial charge in [0.25, 0.3) is 0 Å². The molecule has 1 aliphatic heterocycles. The number of anilines is 1. The molecule has 0 radical (unpaired) electrons. The van der Waals surface area contributed by atoms with Gasteiger partial charge >= 0.3 is 17.1 Å². The van der Waals surface area contributed by atoms with Crippen LogP contribution in [0.2, 0.25) is 5.02 Å². The monoisotopic (exact) mass is 508 g/mol. The number of aromatic nitrogens is 2. The zero-order chi connectivity index (χ0) is 23.9. The molecular formula is C22H22Cl2N4O6. The Labute approximate surface area is 203 Å². The van der Waals surface area contributed by atoms with Crippen LogP contribution in [0, 0.1) is 0 Å². The summed E-state index contributed by atoms with van der Waals surface area (Å²) in [6, 6.07) is 7.19. The number of nitrogens with zero attached hydrogens (tertiary/aromatic N) is 1. The molecule has 1 amide bonds. The lowest BCUT2D eigenvalue weighted by Crippen LogP contribution is -2.41. The number of aliphatic hydroxyl groups is 1. The van der Waals surface area contributed by atoms with Gasteiger partial charge in [0.1, 0.15) is 0 Å². The van der Waals surface area contributed by atoms with Crippen LogP contribution < -0.4 is 22.2 Å². The number of nitrogens with one attached hydrogen (secondary N) is 2. The summed E-state index contributed by atoms with van der Waals surface area (Å²) in [5.41, 5.74) is 6.47. The fraction of sp³-hybridized carbons (Fsp3) is 0.273. The number of carbonyl (C=O) groups is 2. The van der Waals surface area contributed by atoms with Gasteiger partial charge in [0.2, 0.25) is 5.91 Å². The number of rotatable bonds is 6. The molecular weight excluding hydrogens is 487 g/mol. The van der Waals surface area contributed by atoms with Crippen molar-refractivity contribution in [3.63, 3.8) is 0 Å². The number of benzene rings is 2. The highest BCUT2D eigenvalue weighted by Gasteiger charge is 2.27. The first-order valence-corrected chi connectivity index (χ1v) is 10.6. The number of carboxylic acid groups (broad SMARTS) is 1. The highest BCUT2D eigenvalue weighted by atomic mass is 35.5. The number of hydrogen-bond acceptors (Lipinski definition) is 6. The van der Waals surface area contributed by atoms with Crippen LogP contribution in [-0.2, 0) is 22.6 Å². The molecule has 2 aromatic carbocycles. The molecule has 0 aliphatic carbocycles. The van der Waals surface area contributed by atoms with Gasteiger partial charge in [-0.2, -0.15) is 0 Å². The molecule has 180 valence electrons. The van der Waals surface area contributed by atoms with Crippen molar-refractivity contribution in [2.75, 3.05) is 5.32 Å². The van der Waals surface area contributed by atoms with Crippen LogP contribution in [0.3, 0.4) is 0 Å². The lowest BCUT2D eigenvalue weighted by atomic mass is 9.96. The summed E-state index contributed by atoms with van der Waals surface area (Å²) in [6.45, 7) is 0.126. The summed E-state index contributed by atoms with van der Waals surface area (Å²) in [6.07, 6.45) is -1.01. The van der Waals surface area contributed by atoms with E-state index in [9.17, 15) is 29.4 Å². The second kappa shape index (κ2) is 9.98. The van der Waals surface area contributed by atoms with Crippen LogP contribution >= 0.6 is 24.0 Å². The van der Waals surface area contributed by atoms with E-state index in [2.05, 4.69) is 10.3 Å². The fourth-order valence-electron chi connectivity index (χ4n) is 4.23. The third kappa shape index (κ3) is 4.71. The van der Waals surface area contributed by atoms with Crippen LogP contribution in [-0.4, -0.2) is 31.6 Å². The number of hydrogen-bond donors (Lipinski definition) is 5. The van der Waals surface area contributed by atoms with Crippen molar-refractivity contribution in [3.8, 4) is 0 Å². The predicted molar refractivity (Wildman–Crippen MR) is 129 cm³/mol. The third-order valence-corrected chi connectivity index (χ3v) is 5.96. The van der Waals surface area contributed by atoms with E-state index in [1.165, 1.54) is 16.7 Å². The summed E-state index contributed by atoms with van der Waals surface area (Å²) in [7, 11) is 0. The Morgan fingerprint density at radius 3 is 2.68 bits per heavy atom. The number of aliphatic hydroxyl groups excluding tert-OH is 1. The number of aryl methyl sites for hydroxylation is 1. The van der Waals surface area contributed by atoms with Crippen molar-refractivity contribution in [1.82, 2.24) is 9.55 Å². The highest BCUT2D eigenvalue weighted by Crippen LogP contribution is 2.33. The lowest BCUT2D eigenvalue weighted by Gasteiger charge is -2.27.